The summed E-state index contributed by atoms with van der Waals surface area (Å²) < 4.78 is 7.20. The van der Waals surface area contributed by atoms with Crippen molar-refractivity contribution in [2.75, 3.05) is 40.1 Å². The van der Waals surface area contributed by atoms with Crippen LogP contribution in [0.25, 0.3) is 0 Å². The summed E-state index contributed by atoms with van der Waals surface area (Å²) in [7, 11) is 3.75. The van der Waals surface area contributed by atoms with Gasteiger partial charge in [0.2, 0.25) is 0 Å². The van der Waals surface area contributed by atoms with Crippen molar-refractivity contribution in [3.8, 4) is 0 Å². The molecule has 1 aromatic heterocycles. The fraction of sp³-hybridized carbons (Fsp3) is 0.526. The molecule has 0 aliphatic heterocycles. The standard InChI is InChI=1S/C19H30N6OS/c1-5-18-23-22-15-25(18)12-10-20-19(21-11-13-26-3)24(2)14-16-6-8-17(27-4)9-7-16/h6-9,15H,5,10-14H2,1-4H3,(H,20,21). The Kier molecular flexibility index (Phi) is 9.13. The Bertz CT molecular complexity index is 700. The van der Waals surface area contributed by atoms with Gasteiger partial charge in [-0.05, 0) is 24.0 Å². The number of hydrogen-bond acceptors (Lipinski definition) is 5. The molecular formula is C19H30N6OS. The lowest BCUT2D eigenvalue weighted by Gasteiger charge is -2.23. The van der Waals surface area contributed by atoms with E-state index in [9.17, 15) is 0 Å². The van der Waals surface area contributed by atoms with Gasteiger partial charge in [0.1, 0.15) is 12.2 Å². The monoisotopic (exact) mass is 390 g/mol. The van der Waals surface area contributed by atoms with Gasteiger partial charge >= 0.3 is 0 Å². The third kappa shape index (κ3) is 6.88. The molecule has 8 heteroatoms. The summed E-state index contributed by atoms with van der Waals surface area (Å²) >= 11 is 1.75. The Hall–Kier alpha value is -2.06. The van der Waals surface area contributed by atoms with E-state index in [1.165, 1.54) is 10.5 Å². The van der Waals surface area contributed by atoms with E-state index in [-0.39, 0.29) is 0 Å². The molecular weight excluding hydrogens is 360 g/mol. The molecule has 0 unspecified atom stereocenters. The van der Waals surface area contributed by atoms with E-state index in [0.29, 0.717) is 13.2 Å². The predicted octanol–water partition coefficient (Wildman–Crippen LogP) is 2.29. The molecule has 1 heterocycles. The molecule has 0 spiro atoms. The van der Waals surface area contributed by atoms with Crippen LogP contribution in [0.2, 0.25) is 0 Å². The molecule has 2 rings (SSSR count). The normalized spacial score (nSPS) is 11.6. The smallest absolute Gasteiger partial charge is 0.194 e. The number of thioether (sulfide) groups is 1. The molecule has 0 bridgehead atoms. The van der Waals surface area contributed by atoms with Crippen LogP contribution < -0.4 is 5.32 Å². The minimum Gasteiger partial charge on any atom is -0.383 e. The summed E-state index contributed by atoms with van der Waals surface area (Å²) in [6.45, 7) is 5.67. The van der Waals surface area contributed by atoms with Crippen LogP contribution in [-0.2, 0) is 24.2 Å². The van der Waals surface area contributed by atoms with Crippen LogP contribution in [0.1, 0.15) is 18.3 Å². The predicted molar refractivity (Wildman–Crippen MR) is 111 cm³/mol. The van der Waals surface area contributed by atoms with Crippen LogP contribution in [0.3, 0.4) is 0 Å². The first-order valence-corrected chi connectivity index (χ1v) is 10.4. The van der Waals surface area contributed by atoms with Crippen molar-refractivity contribution in [1.82, 2.24) is 25.0 Å². The number of guanidine groups is 1. The van der Waals surface area contributed by atoms with E-state index < -0.39 is 0 Å². The summed E-state index contributed by atoms with van der Waals surface area (Å²) in [6.07, 6.45) is 4.74. The fourth-order valence-electron chi connectivity index (χ4n) is 2.66. The van der Waals surface area contributed by atoms with Crippen LogP contribution >= 0.6 is 11.8 Å². The average Bonchev–Trinajstić information content (AvgIpc) is 3.15. The number of nitrogens with one attached hydrogen (secondary N) is 1. The van der Waals surface area contributed by atoms with Gasteiger partial charge in [0.25, 0.3) is 0 Å². The Morgan fingerprint density at radius 2 is 2.11 bits per heavy atom. The minimum atomic E-state index is 0.604. The molecule has 0 aliphatic rings. The Balaban J connectivity index is 1.95. The molecule has 1 N–H and O–H groups in total. The van der Waals surface area contributed by atoms with Crippen molar-refractivity contribution >= 4 is 17.7 Å². The van der Waals surface area contributed by atoms with Crippen molar-refractivity contribution in [3.63, 3.8) is 0 Å². The number of aryl methyl sites for hydroxylation is 1. The lowest BCUT2D eigenvalue weighted by atomic mass is 10.2. The third-order valence-corrected chi connectivity index (χ3v) is 4.89. The molecule has 0 saturated heterocycles. The quantitative estimate of drug-likeness (QED) is 0.291. The summed E-state index contributed by atoms with van der Waals surface area (Å²) in [5.41, 5.74) is 1.25. The Labute approximate surface area is 166 Å². The highest BCUT2D eigenvalue weighted by Gasteiger charge is 2.08. The highest BCUT2D eigenvalue weighted by Crippen LogP contribution is 2.15. The van der Waals surface area contributed by atoms with Crippen LogP contribution in [0.15, 0.2) is 40.5 Å². The Morgan fingerprint density at radius 1 is 1.33 bits per heavy atom. The average molecular weight is 391 g/mol. The highest BCUT2D eigenvalue weighted by atomic mass is 32.2. The maximum absolute atomic E-state index is 5.13. The number of benzene rings is 1. The number of methoxy groups -OCH3 is 1. The van der Waals surface area contributed by atoms with Crippen LogP contribution in [0.4, 0.5) is 0 Å². The molecule has 2 aromatic rings. The van der Waals surface area contributed by atoms with Crippen LogP contribution in [-0.4, -0.2) is 65.7 Å². The maximum Gasteiger partial charge on any atom is 0.194 e. The first-order valence-electron chi connectivity index (χ1n) is 9.16. The van der Waals surface area contributed by atoms with E-state index in [4.69, 9.17) is 4.74 Å². The first-order chi connectivity index (χ1) is 13.2. The molecule has 0 atom stereocenters. The zero-order valence-electron chi connectivity index (χ0n) is 16.7. The van der Waals surface area contributed by atoms with Gasteiger partial charge in [-0.2, -0.15) is 0 Å². The highest BCUT2D eigenvalue weighted by molar-refractivity contribution is 7.98. The third-order valence-electron chi connectivity index (χ3n) is 4.15. The van der Waals surface area contributed by atoms with E-state index in [1.807, 2.05) is 0 Å². The van der Waals surface area contributed by atoms with Crippen molar-refractivity contribution in [2.45, 2.75) is 31.3 Å². The zero-order valence-corrected chi connectivity index (χ0v) is 17.5. The molecule has 148 valence electrons. The number of ether oxygens (including phenoxy) is 1. The largest absolute Gasteiger partial charge is 0.383 e. The van der Waals surface area contributed by atoms with Gasteiger partial charge in [-0.1, -0.05) is 19.1 Å². The minimum absolute atomic E-state index is 0.604. The summed E-state index contributed by atoms with van der Waals surface area (Å²) in [5.74, 6) is 1.86. The van der Waals surface area contributed by atoms with Crippen molar-refractivity contribution in [3.05, 3.63) is 42.0 Å². The second-order valence-corrected chi connectivity index (χ2v) is 7.00. The number of aliphatic imine (C=N–C) groups is 1. The SMILES string of the molecule is CCc1nncn1CCNC(=NCCOC)N(C)Cc1ccc(SC)cc1. The van der Waals surface area contributed by atoms with Gasteiger partial charge in [0.05, 0.1) is 13.2 Å². The van der Waals surface area contributed by atoms with Crippen molar-refractivity contribution in [1.29, 1.82) is 0 Å². The van der Waals surface area contributed by atoms with E-state index in [0.717, 1.165) is 37.8 Å². The van der Waals surface area contributed by atoms with Gasteiger partial charge in [-0.25, -0.2) is 0 Å². The molecule has 0 saturated carbocycles. The zero-order chi connectivity index (χ0) is 19.5. The number of rotatable bonds is 10. The molecule has 7 nitrogen and oxygen atoms in total. The topological polar surface area (TPSA) is 67.6 Å². The molecule has 1 aromatic carbocycles. The first kappa shape index (κ1) is 21.2. The molecule has 0 fully saturated rings. The van der Waals surface area contributed by atoms with Gasteiger partial charge in [0, 0.05) is 45.1 Å². The second-order valence-electron chi connectivity index (χ2n) is 6.12. The van der Waals surface area contributed by atoms with Gasteiger partial charge in [-0.3, -0.25) is 4.99 Å². The Morgan fingerprint density at radius 3 is 2.78 bits per heavy atom. The van der Waals surface area contributed by atoms with Crippen LogP contribution in [0.5, 0.6) is 0 Å². The van der Waals surface area contributed by atoms with E-state index in [2.05, 4.69) is 74.5 Å². The number of nitrogens with zero attached hydrogens (tertiary/aromatic N) is 5. The summed E-state index contributed by atoms with van der Waals surface area (Å²) in [6, 6.07) is 8.64. The van der Waals surface area contributed by atoms with Gasteiger partial charge in [-0.15, -0.1) is 22.0 Å². The van der Waals surface area contributed by atoms with Crippen molar-refractivity contribution in [2.24, 2.45) is 4.99 Å². The van der Waals surface area contributed by atoms with E-state index in [1.54, 1.807) is 25.2 Å². The number of aromatic nitrogens is 3. The summed E-state index contributed by atoms with van der Waals surface area (Å²) in [4.78, 5) is 8.07. The lowest BCUT2D eigenvalue weighted by Crippen LogP contribution is -2.40. The maximum atomic E-state index is 5.13. The van der Waals surface area contributed by atoms with Gasteiger partial charge < -0.3 is 19.5 Å². The molecule has 0 amide bonds. The second kappa shape index (κ2) is 11.6. The van der Waals surface area contributed by atoms with Crippen molar-refractivity contribution < 1.29 is 4.74 Å². The van der Waals surface area contributed by atoms with Gasteiger partial charge in [0.15, 0.2) is 5.96 Å². The van der Waals surface area contributed by atoms with E-state index >= 15 is 0 Å². The molecule has 0 radical (unpaired) electrons. The lowest BCUT2D eigenvalue weighted by molar-refractivity contribution is 0.207. The number of hydrogen-bond donors (Lipinski definition) is 1. The fourth-order valence-corrected chi connectivity index (χ4v) is 3.07. The molecule has 27 heavy (non-hydrogen) atoms. The van der Waals surface area contributed by atoms with Crippen LogP contribution in [0, 0.1) is 0 Å². The molecule has 0 aliphatic carbocycles. The summed E-state index contributed by atoms with van der Waals surface area (Å²) in [5, 5.41) is 11.6.